The van der Waals surface area contributed by atoms with Crippen molar-refractivity contribution in [2.24, 2.45) is 0 Å². The lowest BCUT2D eigenvalue weighted by Crippen LogP contribution is -2.52. The van der Waals surface area contributed by atoms with Gasteiger partial charge in [-0.05, 0) is 50.1 Å². The van der Waals surface area contributed by atoms with Gasteiger partial charge in [-0.3, -0.25) is 13.9 Å². The van der Waals surface area contributed by atoms with E-state index < -0.39 is 40.2 Å². The van der Waals surface area contributed by atoms with E-state index in [0.717, 1.165) is 12.3 Å². The zero-order chi connectivity index (χ0) is 25.6. The zero-order valence-electron chi connectivity index (χ0n) is 19.4. The van der Waals surface area contributed by atoms with Gasteiger partial charge in [0.15, 0.2) is 0 Å². The lowest BCUT2D eigenvalue weighted by atomic mass is 10.1. The number of carbonyl (C=O) groups is 2. The fourth-order valence-corrected chi connectivity index (χ4v) is 4.45. The fourth-order valence-electron chi connectivity index (χ4n) is 3.13. The minimum atomic E-state index is -4.02. The van der Waals surface area contributed by atoms with Crippen LogP contribution in [0.2, 0.25) is 10.0 Å². The molecule has 0 heterocycles. The van der Waals surface area contributed by atoms with E-state index in [9.17, 15) is 22.4 Å². The van der Waals surface area contributed by atoms with Gasteiger partial charge >= 0.3 is 0 Å². The summed E-state index contributed by atoms with van der Waals surface area (Å²) in [5.41, 5.74) is 0.249. The first-order valence-electron chi connectivity index (χ1n) is 10.6. The second-order valence-corrected chi connectivity index (χ2v) is 10.7. The van der Waals surface area contributed by atoms with Gasteiger partial charge in [-0.25, -0.2) is 12.8 Å². The SMILES string of the molecule is CC[C@H](C)NC(=O)[C@@H](C)N(Cc1ccc(Cl)cc1Cl)C(=O)CN(c1ccccc1F)S(C)(=O)=O. The number of amides is 2. The van der Waals surface area contributed by atoms with E-state index in [1.807, 2.05) is 13.8 Å². The third-order valence-electron chi connectivity index (χ3n) is 5.32. The molecule has 7 nitrogen and oxygen atoms in total. The first kappa shape index (κ1) is 27.9. The quantitative estimate of drug-likeness (QED) is 0.496. The zero-order valence-corrected chi connectivity index (χ0v) is 21.7. The molecule has 0 aliphatic heterocycles. The molecule has 2 amide bonds. The Hall–Kier alpha value is -2.36. The monoisotopic (exact) mass is 531 g/mol. The molecule has 0 fully saturated rings. The minimum absolute atomic E-state index is 0.0845. The summed E-state index contributed by atoms with van der Waals surface area (Å²) in [6, 6.07) is 8.88. The van der Waals surface area contributed by atoms with Crippen LogP contribution in [-0.2, 0) is 26.2 Å². The highest BCUT2D eigenvalue weighted by Crippen LogP contribution is 2.25. The number of nitrogens with zero attached hydrogens (tertiary/aromatic N) is 2. The Morgan fingerprint density at radius 1 is 1.12 bits per heavy atom. The Bertz CT molecular complexity index is 1150. The Balaban J connectivity index is 2.43. The standard InChI is InChI=1S/C23H28Cl2FN3O4S/c1-5-15(2)27-23(31)16(3)28(13-17-10-11-18(24)12-19(17)25)22(30)14-29(34(4,32)33)21-9-7-6-8-20(21)26/h6-12,15-16H,5,13-14H2,1-4H3,(H,27,31)/t15-,16+/m0/s1. The van der Waals surface area contributed by atoms with Crippen LogP contribution in [0.1, 0.15) is 32.8 Å². The average molecular weight is 532 g/mol. The minimum Gasteiger partial charge on any atom is -0.352 e. The molecule has 34 heavy (non-hydrogen) atoms. The van der Waals surface area contributed by atoms with E-state index in [1.54, 1.807) is 12.1 Å². The highest BCUT2D eigenvalue weighted by molar-refractivity contribution is 7.92. The molecule has 0 aromatic heterocycles. The summed E-state index contributed by atoms with van der Waals surface area (Å²) in [5.74, 6) is -1.91. The molecule has 0 saturated carbocycles. The molecule has 0 spiro atoms. The van der Waals surface area contributed by atoms with Crippen molar-refractivity contribution in [3.05, 3.63) is 63.9 Å². The van der Waals surface area contributed by atoms with E-state index in [0.29, 0.717) is 21.3 Å². The van der Waals surface area contributed by atoms with Crippen LogP contribution in [0.4, 0.5) is 10.1 Å². The number of rotatable bonds is 10. The summed E-state index contributed by atoms with van der Waals surface area (Å²) in [4.78, 5) is 27.5. The second-order valence-electron chi connectivity index (χ2n) is 7.97. The molecule has 2 aromatic carbocycles. The van der Waals surface area contributed by atoms with Crippen molar-refractivity contribution in [3.63, 3.8) is 0 Å². The molecule has 0 saturated heterocycles. The van der Waals surface area contributed by atoms with E-state index in [4.69, 9.17) is 23.2 Å². The summed E-state index contributed by atoms with van der Waals surface area (Å²) in [6.45, 7) is 4.48. The van der Waals surface area contributed by atoms with Crippen LogP contribution in [-0.4, -0.2) is 50.0 Å². The maximum atomic E-state index is 14.4. The highest BCUT2D eigenvalue weighted by atomic mass is 35.5. The number of hydrogen-bond donors (Lipinski definition) is 1. The second kappa shape index (κ2) is 11.9. The summed E-state index contributed by atoms with van der Waals surface area (Å²) in [5, 5.41) is 3.51. The predicted octanol–water partition coefficient (Wildman–Crippen LogP) is 4.23. The van der Waals surface area contributed by atoms with Crippen molar-refractivity contribution in [2.75, 3.05) is 17.1 Å². The lowest BCUT2D eigenvalue weighted by Gasteiger charge is -2.32. The highest BCUT2D eigenvalue weighted by Gasteiger charge is 2.31. The number of sulfonamides is 1. The first-order chi connectivity index (χ1) is 15.8. The molecule has 0 aliphatic carbocycles. The van der Waals surface area contributed by atoms with E-state index in [2.05, 4.69) is 5.32 Å². The Morgan fingerprint density at radius 2 is 1.76 bits per heavy atom. The third kappa shape index (κ3) is 7.32. The van der Waals surface area contributed by atoms with Gasteiger partial charge in [0, 0.05) is 22.6 Å². The van der Waals surface area contributed by atoms with Crippen molar-refractivity contribution in [1.29, 1.82) is 0 Å². The van der Waals surface area contributed by atoms with Crippen LogP contribution in [0.3, 0.4) is 0 Å². The van der Waals surface area contributed by atoms with Crippen molar-refractivity contribution < 1.29 is 22.4 Å². The van der Waals surface area contributed by atoms with Crippen molar-refractivity contribution >= 4 is 50.7 Å². The molecule has 0 radical (unpaired) electrons. The number of carbonyl (C=O) groups excluding carboxylic acids is 2. The van der Waals surface area contributed by atoms with Crippen molar-refractivity contribution in [2.45, 2.75) is 45.8 Å². The molecule has 2 atom stereocenters. The number of benzene rings is 2. The van der Waals surface area contributed by atoms with Crippen LogP contribution in [0, 0.1) is 5.82 Å². The molecule has 0 bridgehead atoms. The van der Waals surface area contributed by atoms with Gasteiger partial charge in [-0.15, -0.1) is 0 Å². The number of hydrogen-bond acceptors (Lipinski definition) is 4. The van der Waals surface area contributed by atoms with E-state index in [1.165, 1.54) is 36.1 Å². The van der Waals surface area contributed by atoms with Crippen LogP contribution in [0.5, 0.6) is 0 Å². The van der Waals surface area contributed by atoms with Crippen molar-refractivity contribution in [3.8, 4) is 0 Å². The summed E-state index contributed by atoms with van der Waals surface area (Å²) < 4.78 is 40.0. The number of nitrogens with one attached hydrogen (secondary N) is 1. The largest absolute Gasteiger partial charge is 0.352 e. The smallest absolute Gasteiger partial charge is 0.244 e. The van der Waals surface area contributed by atoms with E-state index >= 15 is 0 Å². The fraction of sp³-hybridized carbons (Fsp3) is 0.391. The first-order valence-corrected chi connectivity index (χ1v) is 13.2. The van der Waals surface area contributed by atoms with Gasteiger partial charge in [-0.1, -0.05) is 48.3 Å². The molecule has 1 N–H and O–H groups in total. The van der Waals surface area contributed by atoms with Gasteiger partial charge in [0.2, 0.25) is 21.8 Å². The van der Waals surface area contributed by atoms with Crippen molar-refractivity contribution in [1.82, 2.24) is 10.2 Å². The van der Waals surface area contributed by atoms with Gasteiger partial charge in [0.25, 0.3) is 0 Å². The number of anilines is 1. The lowest BCUT2D eigenvalue weighted by molar-refractivity contribution is -0.139. The summed E-state index contributed by atoms with van der Waals surface area (Å²) in [7, 11) is -4.02. The topological polar surface area (TPSA) is 86.8 Å². The van der Waals surface area contributed by atoms with Gasteiger partial charge in [0.1, 0.15) is 18.4 Å². The normalized spacial score (nSPS) is 13.1. The van der Waals surface area contributed by atoms with Gasteiger partial charge in [-0.2, -0.15) is 0 Å². The Kier molecular flexibility index (Phi) is 9.73. The summed E-state index contributed by atoms with van der Waals surface area (Å²) >= 11 is 12.3. The molecular formula is C23H28Cl2FN3O4S. The van der Waals surface area contributed by atoms with Crippen LogP contribution >= 0.6 is 23.2 Å². The number of para-hydroxylation sites is 1. The molecular weight excluding hydrogens is 504 g/mol. The maximum absolute atomic E-state index is 14.4. The molecule has 0 aliphatic rings. The van der Waals surface area contributed by atoms with E-state index in [-0.39, 0.29) is 23.3 Å². The van der Waals surface area contributed by atoms with Crippen LogP contribution in [0.15, 0.2) is 42.5 Å². The average Bonchev–Trinajstić information content (AvgIpc) is 2.76. The summed E-state index contributed by atoms with van der Waals surface area (Å²) in [6.07, 6.45) is 1.57. The Labute approximate surface area is 209 Å². The molecule has 186 valence electrons. The Morgan fingerprint density at radius 3 is 2.32 bits per heavy atom. The van der Waals surface area contributed by atoms with Crippen LogP contribution < -0.4 is 9.62 Å². The number of halogens is 3. The molecule has 11 heteroatoms. The molecule has 2 rings (SSSR count). The maximum Gasteiger partial charge on any atom is 0.244 e. The van der Waals surface area contributed by atoms with Gasteiger partial charge in [0.05, 0.1) is 11.9 Å². The van der Waals surface area contributed by atoms with Crippen LogP contribution in [0.25, 0.3) is 0 Å². The molecule has 0 unspecified atom stereocenters. The predicted molar refractivity (Wildman–Crippen MR) is 133 cm³/mol. The van der Waals surface area contributed by atoms with Gasteiger partial charge < -0.3 is 10.2 Å². The molecule has 2 aromatic rings. The third-order valence-corrected chi connectivity index (χ3v) is 7.04.